The Morgan fingerprint density at radius 1 is 1.21 bits per heavy atom. The number of halogens is 1. The number of hydrogen-bond donors (Lipinski definition) is 1. The topological polar surface area (TPSA) is 29.3 Å². The van der Waals surface area contributed by atoms with Crippen LogP contribution in [-0.2, 0) is 0 Å². The van der Waals surface area contributed by atoms with Gasteiger partial charge in [0.2, 0.25) is 0 Å². The van der Waals surface area contributed by atoms with Crippen molar-refractivity contribution in [3.8, 4) is 0 Å². The first kappa shape index (κ1) is 13.4. The van der Waals surface area contributed by atoms with E-state index >= 15 is 0 Å². The standard InChI is InChI=1S/C16H23ClN2/c17-15-7-2-1-6-14(15)16(18)8-9-19-10-12-4-3-5-13(12)11-19/h1-2,6-7,12-13,16H,3-5,8-11,18H2. The number of nitrogens with two attached hydrogens (primary N) is 1. The van der Waals surface area contributed by atoms with E-state index in [1.54, 1.807) is 0 Å². The first-order chi connectivity index (χ1) is 9.24. The van der Waals surface area contributed by atoms with Crippen LogP contribution in [0, 0.1) is 11.8 Å². The van der Waals surface area contributed by atoms with E-state index in [0.717, 1.165) is 35.4 Å². The van der Waals surface area contributed by atoms with Crippen molar-refractivity contribution in [2.75, 3.05) is 19.6 Å². The first-order valence-electron chi connectivity index (χ1n) is 7.46. The molecule has 1 heterocycles. The van der Waals surface area contributed by atoms with Crippen molar-refractivity contribution in [2.24, 2.45) is 17.6 Å². The van der Waals surface area contributed by atoms with Crippen LogP contribution >= 0.6 is 11.6 Å². The zero-order valence-corrected chi connectivity index (χ0v) is 12.1. The molecule has 2 fully saturated rings. The highest BCUT2D eigenvalue weighted by atomic mass is 35.5. The summed E-state index contributed by atoms with van der Waals surface area (Å²) in [4.78, 5) is 2.60. The molecule has 3 heteroatoms. The van der Waals surface area contributed by atoms with Gasteiger partial charge >= 0.3 is 0 Å². The predicted molar refractivity (Wildman–Crippen MR) is 80.3 cm³/mol. The van der Waals surface area contributed by atoms with Crippen LogP contribution in [0.3, 0.4) is 0 Å². The first-order valence-corrected chi connectivity index (χ1v) is 7.84. The Bertz CT molecular complexity index is 423. The summed E-state index contributed by atoms with van der Waals surface area (Å²) in [6.45, 7) is 3.69. The highest BCUT2D eigenvalue weighted by Crippen LogP contribution is 2.37. The molecule has 2 aliphatic rings. The van der Waals surface area contributed by atoms with Crippen molar-refractivity contribution in [3.05, 3.63) is 34.9 Å². The molecular weight excluding hydrogens is 256 g/mol. The van der Waals surface area contributed by atoms with E-state index < -0.39 is 0 Å². The van der Waals surface area contributed by atoms with Gasteiger partial charge < -0.3 is 10.6 Å². The lowest BCUT2D eigenvalue weighted by Crippen LogP contribution is -2.26. The highest BCUT2D eigenvalue weighted by molar-refractivity contribution is 6.31. The molecule has 0 amide bonds. The number of hydrogen-bond acceptors (Lipinski definition) is 2. The van der Waals surface area contributed by atoms with Crippen molar-refractivity contribution in [1.29, 1.82) is 0 Å². The number of likely N-dealkylation sites (tertiary alicyclic amines) is 1. The molecule has 3 atom stereocenters. The minimum Gasteiger partial charge on any atom is -0.324 e. The number of benzene rings is 1. The van der Waals surface area contributed by atoms with Crippen LogP contribution < -0.4 is 5.73 Å². The van der Waals surface area contributed by atoms with Gasteiger partial charge in [0.05, 0.1) is 0 Å². The Balaban J connectivity index is 1.51. The van der Waals surface area contributed by atoms with Crippen LogP contribution in [0.2, 0.25) is 5.02 Å². The summed E-state index contributed by atoms with van der Waals surface area (Å²) in [5.74, 6) is 1.94. The Hall–Kier alpha value is -0.570. The molecule has 104 valence electrons. The lowest BCUT2D eigenvalue weighted by atomic mass is 10.0. The average Bonchev–Trinajstić information content (AvgIpc) is 2.97. The second-order valence-electron chi connectivity index (χ2n) is 6.13. The monoisotopic (exact) mass is 278 g/mol. The Kier molecular flexibility index (Phi) is 4.11. The molecule has 1 saturated carbocycles. The largest absolute Gasteiger partial charge is 0.324 e. The molecule has 1 aromatic carbocycles. The molecule has 1 saturated heterocycles. The lowest BCUT2D eigenvalue weighted by Gasteiger charge is -2.20. The van der Waals surface area contributed by atoms with Crippen LogP contribution in [0.5, 0.6) is 0 Å². The van der Waals surface area contributed by atoms with Crippen LogP contribution in [-0.4, -0.2) is 24.5 Å². The second-order valence-corrected chi connectivity index (χ2v) is 6.53. The van der Waals surface area contributed by atoms with Gasteiger partial charge in [-0.3, -0.25) is 0 Å². The fourth-order valence-electron chi connectivity index (χ4n) is 3.77. The van der Waals surface area contributed by atoms with Crippen molar-refractivity contribution in [2.45, 2.75) is 31.7 Å². The minimum absolute atomic E-state index is 0.0640. The van der Waals surface area contributed by atoms with Gasteiger partial charge in [0.15, 0.2) is 0 Å². The summed E-state index contributed by atoms with van der Waals surface area (Å²) < 4.78 is 0. The minimum atomic E-state index is 0.0640. The summed E-state index contributed by atoms with van der Waals surface area (Å²) in [5, 5.41) is 0.799. The smallest absolute Gasteiger partial charge is 0.0453 e. The summed E-state index contributed by atoms with van der Waals surface area (Å²) in [6.07, 6.45) is 5.33. The summed E-state index contributed by atoms with van der Waals surface area (Å²) >= 11 is 6.20. The van der Waals surface area contributed by atoms with E-state index in [9.17, 15) is 0 Å². The zero-order chi connectivity index (χ0) is 13.2. The molecule has 0 aromatic heterocycles. The normalized spacial score (nSPS) is 28.5. The molecule has 0 radical (unpaired) electrons. The summed E-state index contributed by atoms with van der Waals surface area (Å²) in [7, 11) is 0. The Labute approximate surface area is 120 Å². The molecule has 2 N–H and O–H groups in total. The maximum atomic E-state index is 6.28. The molecule has 3 rings (SSSR count). The molecular formula is C16H23ClN2. The number of fused-ring (bicyclic) bond motifs is 1. The van der Waals surface area contributed by atoms with Crippen molar-refractivity contribution in [3.63, 3.8) is 0 Å². The molecule has 2 nitrogen and oxygen atoms in total. The van der Waals surface area contributed by atoms with E-state index in [-0.39, 0.29) is 6.04 Å². The molecule has 19 heavy (non-hydrogen) atoms. The maximum Gasteiger partial charge on any atom is 0.0453 e. The van der Waals surface area contributed by atoms with E-state index in [0.29, 0.717) is 0 Å². The second kappa shape index (κ2) is 5.82. The lowest BCUT2D eigenvalue weighted by molar-refractivity contribution is 0.298. The quantitative estimate of drug-likeness (QED) is 0.914. The third-order valence-corrected chi connectivity index (χ3v) is 5.21. The third-order valence-electron chi connectivity index (χ3n) is 4.86. The van der Waals surface area contributed by atoms with Gasteiger partial charge in [-0.05, 0) is 49.3 Å². The fourth-order valence-corrected chi connectivity index (χ4v) is 4.04. The summed E-state index contributed by atoms with van der Waals surface area (Å²) in [5.41, 5.74) is 7.37. The Morgan fingerprint density at radius 2 is 1.89 bits per heavy atom. The average molecular weight is 279 g/mol. The van der Waals surface area contributed by atoms with E-state index in [1.807, 2.05) is 24.3 Å². The van der Waals surface area contributed by atoms with Crippen LogP contribution in [0.4, 0.5) is 0 Å². The van der Waals surface area contributed by atoms with Crippen molar-refractivity contribution < 1.29 is 0 Å². The van der Waals surface area contributed by atoms with E-state index in [1.165, 1.54) is 32.4 Å². The maximum absolute atomic E-state index is 6.28. The van der Waals surface area contributed by atoms with Crippen molar-refractivity contribution >= 4 is 11.6 Å². The molecule has 1 aliphatic carbocycles. The third kappa shape index (κ3) is 2.96. The van der Waals surface area contributed by atoms with E-state index in [4.69, 9.17) is 17.3 Å². The van der Waals surface area contributed by atoms with Gasteiger partial charge in [-0.1, -0.05) is 36.2 Å². The number of nitrogens with zero attached hydrogens (tertiary/aromatic N) is 1. The zero-order valence-electron chi connectivity index (χ0n) is 11.4. The van der Waals surface area contributed by atoms with Crippen LogP contribution in [0.1, 0.15) is 37.3 Å². The van der Waals surface area contributed by atoms with Gasteiger partial charge in [0, 0.05) is 24.2 Å². The van der Waals surface area contributed by atoms with Gasteiger partial charge in [-0.2, -0.15) is 0 Å². The van der Waals surface area contributed by atoms with Crippen molar-refractivity contribution in [1.82, 2.24) is 4.90 Å². The predicted octanol–water partition coefficient (Wildman–Crippen LogP) is 3.46. The van der Waals surface area contributed by atoms with Gasteiger partial charge in [-0.15, -0.1) is 0 Å². The molecule has 1 aliphatic heterocycles. The molecule has 0 bridgehead atoms. The SMILES string of the molecule is NC(CCN1CC2CCCC2C1)c1ccccc1Cl. The van der Waals surface area contributed by atoms with E-state index in [2.05, 4.69) is 4.90 Å². The summed E-state index contributed by atoms with van der Waals surface area (Å²) in [6, 6.07) is 8.01. The Morgan fingerprint density at radius 3 is 2.58 bits per heavy atom. The van der Waals surface area contributed by atoms with Crippen LogP contribution in [0.25, 0.3) is 0 Å². The highest BCUT2D eigenvalue weighted by Gasteiger charge is 2.35. The molecule has 3 unspecified atom stereocenters. The molecule has 0 spiro atoms. The molecule has 1 aromatic rings. The van der Waals surface area contributed by atoms with Crippen LogP contribution in [0.15, 0.2) is 24.3 Å². The van der Waals surface area contributed by atoms with Gasteiger partial charge in [0.1, 0.15) is 0 Å². The number of rotatable bonds is 4. The fraction of sp³-hybridized carbons (Fsp3) is 0.625. The van der Waals surface area contributed by atoms with Gasteiger partial charge in [0.25, 0.3) is 0 Å². The van der Waals surface area contributed by atoms with Gasteiger partial charge in [-0.25, -0.2) is 0 Å².